The Labute approximate surface area is 129 Å². The number of rotatable bonds is 12. The average molecular weight is 299 g/mol. The number of hydrogen-bond donors (Lipinski definition) is 0. The summed E-state index contributed by atoms with van der Waals surface area (Å²) in [5.41, 5.74) is 0.921. The van der Waals surface area contributed by atoms with E-state index in [1.807, 2.05) is 0 Å². The fourth-order valence-electron chi connectivity index (χ4n) is 3.35. The number of unbranched alkanes of at least 4 members (excludes halogenated alkanes) is 9. The summed E-state index contributed by atoms with van der Waals surface area (Å²) in [5.74, 6) is 0. The summed E-state index contributed by atoms with van der Waals surface area (Å²) in [5, 5.41) is 0. The van der Waals surface area contributed by atoms with Crippen LogP contribution in [0.5, 0.6) is 0 Å². The van der Waals surface area contributed by atoms with Crippen LogP contribution in [0.2, 0.25) is 11.6 Å². The molecule has 20 heavy (non-hydrogen) atoms. The Morgan fingerprint density at radius 1 is 0.850 bits per heavy atom. The van der Waals surface area contributed by atoms with Crippen LogP contribution in [-0.2, 0) is 4.43 Å². The van der Waals surface area contributed by atoms with Crippen LogP contribution in [0.3, 0.4) is 0 Å². The lowest BCUT2D eigenvalue weighted by Crippen LogP contribution is -2.27. The van der Waals surface area contributed by atoms with Gasteiger partial charge in [-0.2, -0.15) is 0 Å². The Hall–Kier alpha value is 0.177. The highest BCUT2D eigenvalue weighted by Gasteiger charge is 2.22. The second-order valence-electron chi connectivity index (χ2n) is 6.85. The van der Waals surface area contributed by atoms with E-state index in [1.54, 1.807) is 0 Å². The number of hydrogen-bond acceptors (Lipinski definition) is 1. The molecule has 0 saturated carbocycles. The van der Waals surface area contributed by atoms with E-state index in [-0.39, 0.29) is 0 Å². The maximum Gasteiger partial charge on any atom is 0.179 e. The standard InChI is InChI=1S/C18H38OSi/c1-3-4-5-6-7-8-9-10-11-12-15-18(2)20-17-14-13-16-19-20/h18,20H,3-17H2,1-2H3. The molecule has 0 aliphatic carbocycles. The van der Waals surface area contributed by atoms with Crippen molar-refractivity contribution in [3.63, 3.8) is 0 Å². The van der Waals surface area contributed by atoms with Crippen molar-refractivity contribution in [2.45, 2.75) is 109 Å². The van der Waals surface area contributed by atoms with Crippen molar-refractivity contribution in [1.29, 1.82) is 0 Å². The molecule has 1 nitrogen and oxygen atoms in total. The first-order valence-corrected chi connectivity index (χ1v) is 11.4. The third kappa shape index (κ3) is 9.18. The third-order valence-corrected chi connectivity index (χ3v) is 8.11. The average Bonchev–Trinajstić information content (AvgIpc) is 2.50. The minimum Gasteiger partial charge on any atom is -0.420 e. The van der Waals surface area contributed by atoms with E-state index in [0.717, 1.165) is 12.1 Å². The van der Waals surface area contributed by atoms with Crippen LogP contribution < -0.4 is 0 Å². The van der Waals surface area contributed by atoms with Crippen LogP contribution in [0.1, 0.15) is 97.3 Å². The van der Waals surface area contributed by atoms with E-state index in [9.17, 15) is 0 Å². The SMILES string of the molecule is CCCCCCCCCCCCC(C)[SiH]1CCCCO1. The minimum atomic E-state index is -0.802. The van der Waals surface area contributed by atoms with Gasteiger partial charge in [-0.15, -0.1) is 0 Å². The van der Waals surface area contributed by atoms with Crippen LogP contribution >= 0.6 is 0 Å². The molecule has 2 unspecified atom stereocenters. The van der Waals surface area contributed by atoms with Gasteiger partial charge in [-0.1, -0.05) is 90.9 Å². The van der Waals surface area contributed by atoms with E-state index in [1.165, 1.54) is 89.5 Å². The molecule has 0 amide bonds. The molecule has 1 rings (SSSR count). The van der Waals surface area contributed by atoms with Gasteiger partial charge >= 0.3 is 0 Å². The van der Waals surface area contributed by atoms with Crippen LogP contribution in [0.25, 0.3) is 0 Å². The van der Waals surface area contributed by atoms with Gasteiger partial charge in [0.15, 0.2) is 9.04 Å². The highest BCUT2D eigenvalue weighted by molar-refractivity contribution is 6.53. The van der Waals surface area contributed by atoms with Crippen LogP contribution in [-0.4, -0.2) is 15.6 Å². The first-order chi connectivity index (χ1) is 9.84. The predicted molar refractivity (Wildman–Crippen MR) is 93.0 cm³/mol. The molecule has 0 radical (unpaired) electrons. The van der Waals surface area contributed by atoms with E-state index < -0.39 is 9.04 Å². The molecule has 0 N–H and O–H groups in total. The molecule has 1 fully saturated rings. The molecule has 0 aromatic carbocycles. The Morgan fingerprint density at radius 3 is 2.00 bits per heavy atom. The van der Waals surface area contributed by atoms with E-state index >= 15 is 0 Å². The minimum absolute atomic E-state index is 0.802. The van der Waals surface area contributed by atoms with Gasteiger partial charge in [-0.3, -0.25) is 0 Å². The van der Waals surface area contributed by atoms with Crippen LogP contribution in [0.4, 0.5) is 0 Å². The highest BCUT2D eigenvalue weighted by atomic mass is 28.3. The molecular formula is C18H38OSi. The topological polar surface area (TPSA) is 9.23 Å². The second-order valence-corrected chi connectivity index (χ2v) is 9.98. The molecule has 120 valence electrons. The van der Waals surface area contributed by atoms with E-state index in [4.69, 9.17) is 4.43 Å². The van der Waals surface area contributed by atoms with Gasteiger partial charge in [-0.25, -0.2) is 0 Å². The van der Waals surface area contributed by atoms with Crippen molar-refractivity contribution in [3.05, 3.63) is 0 Å². The molecule has 0 bridgehead atoms. The smallest absolute Gasteiger partial charge is 0.179 e. The Kier molecular flexibility index (Phi) is 11.7. The quantitative estimate of drug-likeness (QED) is 0.307. The van der Waals surface area contributed by atoms with Gasteiger partial charge in [0.1, 0.15) is 0 Å². The van der Waals surface area contributed by atoms with Gasteiger partial charge in [0.25, 0.3) is 0 Å². The first kappa shape index (κ1) is 18.2. The molecule has 2 heteroatoms. The summed E-state index contributed by atoms with van der Waals surface area (Å²) in [7, 11) is -0.802. The summed E-state index contributed by atoms with van der Waals surface area (Å²) >= 11 is 0. The van der Waals surface area contributed by atoms with Gasteiger partial charge in [0.2, 0.25) is 0 Å². The summed E-state index contributed by atoms with van der Waals surface area (Å²) in [6.07, 6.45) is 18.7. The van der Waals surface area contributed by atoms with E-state index in [0.29, 0.717) is 0 Å². The zero-order valence-electron chi connectivity index (χ0n) is 14.2. The lowest BCUT2D eigenvalue weighted by molar-refractivity contribution is 0.278. The molecule has 1 heterocycles. The van der Waals surface area contributed by atoms with Crippen molar-refractivity contribution in [3.8, 4) is 0 Å². The maximum atomic E-state index is 6.02. The largest absolute Gasteiger partial charge is 0.420 e. The maximum absolute atomic E-state index is 6.02. The highest BCUT2D eigenvalue weighted by Crippen LogP contribution is 2.26. The van der Waals surface area contributed by atoms with Crippen LogP contribution in [0, 0.1) is 0 Å². The summed E-state index contributed by atoms with van der Waals surface area (Å²) < 4.78 is 6.02. The molecule has 0 aromatic heterocycles. The van der Waals surface area contributed by atoms with Crippen molar-refractivity contribution in [2.24, 2.45) is 0 Å². The summed E-state index contributed by atoms with van der Waals surface area (Å²) in [6.45, 7) is 5.82. The van der Waals surface area contributed by atoms with Gasteiger partial charge in [-0.05, 0) is 18.0 Å². The summed E-state index contributed by atoms with van der Waals surface area (Å²) in [4.78, 5) is 0. The van der Waals surface area contributed by atoms with Gasteiger partial charge in [0, 0.05) is 6.61 Å². The van der Waals surface area contributed by atoms with Crippen molar-refractivity contribution < 1.29 is 4.43 Å². The van der Waals surface area contributed by atoms with Gasteiger partial charge < -0.3 is 4.43 Å². The Bertz CT molecular complexity index is 202. The normalized spacial score (nSPS) is 21.0. The molecule has 2 atom stereocenters. The van der Waals surface area contributed by atoms with Gasteiger partial charge in [0.05, 0.1) is 0 Å². The zero-order chi connectivity index (χ0) is 14.5. The molecule has 1 aliphatic heterocycles. The fourth-order valence-corrected chi connectivity index (χ4v) is 6.19. The molecule has 1 saturated heterocycles. The zero-order valence-corrected chi connectivity index (χ0v) is 15.3. The lowest BCUT2D eigenvalue weighted by Gasteiger charge is -2.26. The second kappa shape index (κ2) is 12.9. The van der Waals surface area contributed by atoms with Crippen LogP contribution in [0.15, 0.2) is 0 Å². The van der Waals surface area contributed by atoms with E-state index in [2.05, 4.69) is 13.8 Å². The molecular weight excluding hydrogens is 260 g/mol. The molecule has 0 aromatic rings. The Morgan fingerprint density at radius 2 is 1.45 bits per heavy atom. The van der Waals surface area contributed by atoms with Crippen molar-refractivity contribution in [1.82, 2.24) is 0 Å². The third-order valence-electron chi connectivity index (χ3n) is 4.86. The first-order valence-electron chi connectivity index (χ1n) is 9.46. The van der Waals surface area contributed by atoms with Crippen molar-refractivity contribution in [2.75, 3.05) is 6.61 Å². The lowest BCUT2D eigenvalue weighted by atomic mass is 10.1. The molecule has 1 aliphatic rings. The predicted octanol–water partition coefficient (Wildman–Crippen LogP) is 6.22. The summed E-state index contributed by atoms with van der Waals surface area (Å²) in [6, 6.07) is 1.44. The molecule has 0 spiro atoms. The monoisotopic (exact) mass is 298 g/mol. The van der Waals surface area contributed by atoms with Crippen molar-refractivity contribution >= 4 is 9.04 Å². The Balaban J connectivity index is 1.82. The fraction of sp³-hybridized carbons (Fsp3) is 1.00.